The molecule has 0 spiro atoms. The van der Waals surface area contributed by atoms with Crippen molar-refractivity contribution in [1.29, 1.82) is 0 Å². The quantitative estimate of drug-likeness (QED) is 0.244. The van der Waals surface area contributed by atoms with Gasteiger partial charge in [-0.15, -0.1) is 11.3 Å². The van der Waals surface area contributed by atoms with Gasteiger partial charge in [-0.1, -0.05) is 42.5 Å². The number of carbonyl (C=O) groups is 1. The first-order valence-electron chi connectivity index (χ1n) is 11.1. The number of hydrogen-bond donors (Lipinski definition) is 1. The molecule has 33 heavy (non-hydrogen) atoms. The third-order valence-corrected chi connectivity index (χ3v) is 6.36. The van der Waals surface area contributed by atoms with Gasteiger partial charge in [-0.3, -0.25) is 4.79 Å². The molecule has 170 valence electrons. The molecule has 0 radical (unpaired) electrons. The van der Waals surface area contributed by atoms with E-state index in [-0.39, 0.29) is 6.42 Å². The summed E-state index contributed by atoms with van der Waals surface area (Å²) in [7, 11) is 0. The molecule has 2 aromatic carbocycles. The number of carboxylic acids is 1. The fourth-order valence-electron chi connectivity index (χ4n) is 3.75. The molecular formula is C27H27NO4S. The summed E-state index contributed by atoms with van der Waals surface area (Å²) in [6, 6.07) is 20.3. The predicted octanol–water partition coefficient (Wildman–Crippen LogP) is 6.99. The Balaban J connectivity index is 1.45. The van der Waals surface area contributed by atoms with Crippen LogP contribution >= 0.6 is 11.3 Å². The highest BCUT2D eigenvalue weighted by Crippen LogP contribution is 2.33. The van der Waals surface area contributed by atoms with E-state index in [2.05, 4.69) is 30.3 Å². The minimum Gasteiger partial charge on any atom is -0.493 e. The van der Waals surface area contributed by atoms with Crippen molar-refractivity contribution >= 4 is 17.3 Å². The number of furan rings is 1. The van der Waals surface area contributed by atoms with Gasteiger partial charge >= 0.3 is 5.97 Å². The minimum absolute atomic E-state index is 0.215. The molecule has 1 N–H and O–H groups in total. The van der Waals surface area contributed by atoms with Gasteiger partial charge in [0.05, 0.1) is 23.6 Å². The van der Waals surface area contributed by atoms with Crippen LogP contribution in [0.5, 0.6) is 5.75 Å². The summed E-state index contributed by atoms with van der Waals surface area (Å²) in [6.07, 6.45) is 5.01. The molecule has 0 aliphatic carbocycles. The zero-order chi connectivity index (χ0) is 23.0. The lowest BCUT2D eigenvalue weighted by Crippen LogP contribution is -2.01. The van der Waals surface area contributed by atoms with Crippen LogP contribution in [-0.2, 0) is 11.2 Å². The number of carboxylic acid groups (broad SMARTS) is 1. The van der Waals surface area contributed by atoms with E-state index in [1.807, 2.05) is 37.3 Å². The molecule has 0 fully saturated rings. The Labute approximate surface area is 197 Å². The molecule has 0 bridgehead atoms. The fourth-order valence-corrected chi connectivity index (χ4v) is 4.73. The van der Waals surface area contributed by atoms with Crippen LogP contribution in [0.1, 0.15) is 41.1 Å². The Morgan fingerprint density at radius 2 is 1.79 bits per heavy atom. The van der Waals surface area contributed by atoms with E-state index in [0.29, 0.717) is 13.0 Å². The molecular weight excluding hydrogens is 434 g/mol. The molecule has 4 aromatic rings. The van der Waals surface area contributed by atoms with Crippen molar-refractivity contribution in [2.24, 2.45) is 0 Å². The average molecular weight is 462 g/mol. The first-order valence-corrected chi connectivity index (χ1v) is 11.9. The van der Waals surface area contributed by atoms with Gasteiger partial charge < -0.3 is 14.3 Å². The number of ether oxygens (including phenoxy) is 1. The lowest BCUT2D eigenvalue weighted by Gasteiger charge is -2.11. The molecule has 2 heterocycles. The van der Waals surface area contributed by atoms with E-state index in [1.54, 1.807) is 17.6 Å². The van der Waals surface area contributed by atoms with E-state index in [0.717, 1.165) is 58.2 Å². The zero-order valence-electron chi connectivity index (χ0n) is 18.6. The molecule has 4 rings (SSSR count). The van der Waals surface area contributed by atoms with E-state index < -0.39 is 5.97 Å². The first-order chi connectivity index (χ1) is 16.1. The van der Waals surface area contributed by atoms with Gasteiger partial charge in [0.15, 0.2) is 0 Å². The largest absolute Gasteiger partial charge is 0.493 e. The standard InChI is InChI=1S/C27H27NO4S/c1-19-28-27(21-14-12-20(13-15-21)23-10-7-17-32-23)25(33-19)18-22-8-4-5-9-24(22)31-16-6-2-3-11-26(29)30/h4-5,7-10,12-15,17H,2-3,6,11,16,18H2,1H3,(H,29,30). The van der Waals surface area contributed by atoms with Gasteiger partial charge in [0.25, 0.3) is 0 Å². The summed E-state index contributed by atoms with van der Waals surface area (Å²) in [5.74, 6) is 0.985. The van der Waals surface area contributed by atoms with E-state index >= 15 is 0 Å². The number of nitrogens with zero attached hydrogens (tertiary/aromatic N) is 1. The molecule has 0 atom stereocenters. The van der Waals surface area contributed by atoms with Gasteiger partial charge in [0.2, 0.25) is 0 Å². The summed E-state index contributed by atoms with van der Waals surface area (Å²) < 4.78 is 11.5. The third kappa shape index (κ3) is 6.11. The smallest absolute Gasteiger partial charge is 0.303 e. The molecule has 0 saturated heterocycles. The summed E-state index contributed by atoms with van der Waals surface area (Å²) in [5, 5.41) is 9.78. The second kappa shape index (κ2) is 11.0. The fraction of sp³-hybridized carbons (Fsp3) is 0.259. The van der Waals surface area contributed by atoms with E-state index in [9.17, 15) is 4.79 Å². The highest BCUT2D eigenvalue weighted by atomic mass is 32.1. The Bertz CT molecular complexity index is 1180. The van der Waals surface area contributed by atoms with Crippen molar-refractivity contribution in [1.82, 2.24) is 4.98 Å². The monoisotopic (exact) mass is 461 g/mol. The van der Waals surface area contributed by atoms with Crippen LogP contribution in [0.25, 0.3) is 22.6 Å². The van der Waals surface area contributed by atoms with Crippen molar-refractivity contribution in [3.05, 3.63) is 82.4 Å². The molecule has 0 saturated carbocycles. The van der Waals surface area contributed by atoms with Crippen molar-refractivity contribution < 1.29 is 19.1 Å². The zero-order valence-corrected chi connectivity index (χ0v) is 19.4. The Kier molecular flexibility index (Phi) is 7.58. The summed E-state index contributed by atoms with van der Waals surface area (Å²) >= 11 is 1.71. The molecule has 5 nitrogen and oxygen atoms in total. The van der Waals surface area contributed by atoms with Crippen molar-refractivity contribution in [2.45, 2.75) is 39.0 Å². The number of para-hydroxylation sites is 1. The summed E-state index contributed by atoms with van der Waals surface area (Å²) in [4.78, 5) is 16.7. The molecule has 0 unspecified atom stereocenters. The van der Waals surface area contributed by atoms with Gasteiger partial charge in [0.1, 0.15) is 11.5 Å². The molecule has 2 aromatic heterocycles. The van der Waals surface area contributed by atoms with Gasteiger partial charge in [-0.05, 0) is 49.9 Å². The van der Waals surface area contributed by atoms with Crippen molar-refractivity contribution in [3.63, 3.8) is 0 Å². The topological polar surface area (TPSA) is 72.6 Å². The average Bonchev–Trinajstić information content (AvgIpc) is 3.47. The Hall–Kier alpha value is -3.38. The molecule has 0 aliphatic rings. The van der Waals surface area contributed by atoms with E-state index in [1.165, 1.54) is 4.88 Å². The lowest BCUT2D eigenvalue weighted by atomic mass is 10.0. The molecule has 0 aliphatic heterocycles. The van der Waals surface area contributed by atoms with Crippen LogP contribution in [0.4, 0.5) is 0 Å². The van der Waals surface area contributed by atoms with Crippen LogP contribution in [0, 0.1) is 6.92 Å². The van der Waals surface area contributed by atoms with Crippen LogP contribution in [0.15, 0.2) is 71.3 Å². The van der Waals surface area contributed by atoms with Gasteiger partial charge in [0, 0.05) is 28.8 Å². The van der Waals surface area contributed by atoms with Crippen molar-refractivity contribution in [2.75, 3.05) is 6.61 Å². The normalized spacial score (nSPS) is 10.9. The first kappa shape index (κ1) is 22.8. The second-order valence-corrected chi connectivity index (χ2v) is 9.18. The minimum atomic E-state index is -0.743. The maximum absolute atomic E-state index is 10.6. The van der Waals surface area contributed by atoms with Gasteiger partial charge in [-0.2, -0.15) is 0 Å². The Morgan fingerprint density at radius 3 is 2.55 bits per heavy atom. The maximum Gasteiger partial charge on any atom is 0.303 e. The number of unbranched alkanes of at least 4 members (excludes halogenated alkanes) is 2. The molecule has 0 amide bonds. The summed E-state index contributed by atoms with van der Waals surface area (Å²) in [6.45, 7) is 2.62. The second-order valence-electron chi connectivity index (χ2n) is 7.90. The van der Waals surface area contributed by atoms with Crippen LogP contribution in [0.3, 0.4) is 0 Å². The van der Waals surface area contributed by atoms with E-state index in [4.69, 9.17) is 19.2 Å². The highest BCUT2D eigenvalue weighted by Gasteiger charge is 2.15. The number of aliphatic carboxylic acids is 1. The summed E-state index contributed by atoms with van der Waals surface area (Å²) in [5.41, 5.74) is 4.26. The SMILES string of the molecule is Cc1nc(-c2ccc(-c3ccco3)cc2)c(Cc2ccccc2OCCCCCC(=O)O)s1. The number of aryl methyl sites for hydroxylation is 1. The number of aromatic nitrogens is 1. The number of hydrogen-bond acceptors (Lipinski definition) is 5. The maximum atomic E-state index is 10.6. The van der Waals surface area contributed by atoms with Crippen LogP contribution < -0.4 is 4.74 Å². The number of rotatable bonds is 11. The van der Waals surface area contributed by atoms with Crippen LogP contribution in [0.2, 0.25) is 0 Å². The molecule has 6 heteroatoms. The van der Waals surface area contributed by atoms with Crippen LogP contribution in [-0.4, -0.2) is 22.7 Å². The van der Waals surface area contributed by atoms with Crippen molar-refractivity contribution in [3.8, 4) is 28.3 Å². The van der Waals surface area contributed by atoms with Gasteiger partial charge in [-0.25, -0.2) is 4.98 Å². The number of benzene rings is 2. The highest BCUT2D eigenvalue weighted by molar-refractivity contribution is 7.12. The lowest BCUT2D eigenvalue weighted by molar-refractivity contribution is -0.137. The number of thiazole rings is 1. The predicted molar refractivity (Wildman–Crippen MR) is 131 cm³/mol. The third-order valence-electron chi connectivity index (χ3n) is 5.38. The Morgan fingerprint density at radius 1 is 1.00 bits per heavy atom.